The van der Waals surface area contributed by atoms with Gasteiger partial charge in [-0.2, -0.15) is 5.10 Å². The minimum absolute atomic E-state index is 0.0777. The van der Waals surface area contributed by atoms with Crippen molar-refractivity contribution in [3.63, 3.8) is 0 Å². The summed E-state index contributed by atoms with van der Waals surface area (Å²) in [4.78, 5) is 13.8. The van der Waals surface area contributed by atoms with Crippen LogP contribution in [-0.2, 0) is 11.3 Å². The van der Waals surface area contributed by atoms with Crippen LogP contribution in [0, 0.1) is 13.8 Å². The molecule has 0 unspecified atom stereocenters. The second-order valence-corrected chi connectivity index (χ2v) is 6.25. The van der Waals surface area contributed by atoms with E-state index in [1.165, 1.54) is 0 Å². The van der Waals surface area contributed by atoms with Gasteiger partial charge in [-0.3, -0.25) is 9.48 Å². The van der Waals surface area contributed by atoms with Gasteiger partial charge in [-0.15, -0.1) is 0 Å². The molecule has 1 aliphatic heterocycles. The topological polar surface area (TPSA) is 38.1 Å². The highest BCUT2D eigenvalue weighted by atomic mass is 35.5. The highest BCUT2D eigenvalue weighted by molar-refractivity contribution is 6.31. The van der Waals surface area contributed by atoms with E-state index in [9.17, 15) is 4.79 Å². The van der Waals surface area contributed by atoms with Crippen molar-refractivity contribution in [3.05, 3.63) is 57.9 Å². The average Bonchev–Trinajstić information content (AvgIpc) is 2.72. The summed E-state index contributed by atoms with van der Waals surface area (Å²) in [6.07, 6.45) is 4.63. The third-order valence-corrected chi connectivity index (χ3v) is 4.64. The van der Waals surface area contributed by atoms with Crippen LogP contribution in [0.15, 0.2) is 30.3 Å². The van der Waals surface area contributed by atoms with Crippen LogP contribution in [0.3, 0.4) is 0 Å². The molecule has 2 heterocycles. The van der Waals surface area contributed by atoms with Gasteiger partial charge in [0.15, 0.2) is 0 Å². The molecule has 0 bridgehead atoms. The summed E-state index contributed by atoms with van der Waals surface area (Å²) in [5.74, 6) is 0.0777. The van der Waals surface area contributed by atoms with Gasteiger partial charge in [0.05, 0.1) is 12.2 Å². The molecule has 23 heavy (non-hydrogen) atoms. The fourth-order valence-electron chi connectivity index (χ4n) is 2.69. The van der Waals surface area contributed by atoms with Gasteiger partial charge in [0.25, 0.3) is 0 Å². The Labute approximate surface area is 141 Å². The normalized spacial score (nSPS) is 14.3. The molecule has 120 valence electrons. The van der Waals surface area contributed by atoms with Crippen molar-refractivity contribution in [2.45, 2.75) is 26.8 Å². The molecule has 1 aromatic heterocycles. The quantitative estimate of drug-likeness (QED) is 0.806. The second kappa shape index (κ2) is 6.59. The number of carbonyl (C=O) groups excluding carboxylic acids is 1. The van der Waals surface area contributed by atoms with E-state index in [1.807, 2.05) is 53.8 Å². The van der Waals surface area contributed by atoms with Gasteiger partial charge in [0, 0.05) is 35.4 Å². The average molecular weight is 330 g/mol. The third-order valence-electron chi connectivity index (χ3n) is 4.28. The molecule has 0 atom stereocenters. The summed E-state index contributed by atoms with van der Waals surface area (Å²) in [5.41, 5.74) is 4.00. The predicted octanol–water partition coefficient (Wildman–Crippen LogP) is 3.45. The van der Waals surface area contributed by atoms with E-state index < -0.39 is 0 Å². The molecular weight excluding hydrogens is 310 g/mol. The number of likely N-dealkylation sites (tertiary alicyclic amines) is 1. The van der Waals surface area contributed by atoms with Gasteiger partial charge < -0.3 is 4.90 Å². The van der Waals surface area contributed by atoms with E-state index >= 15 is 0 Å². The van der Waals surface area contributed by atoms with Gasteiger partial charge in [-0.05, 0) is 38.0 Å². The van der Waals surface area contributed by atoms with E-state index in [0.717, 1.165) is 47.0 Å². The maximum Gasteiger partial charge on any atom is 0.246 e. The number of aromatic nitrogens is 2. The smallest absolute Gasteiger partial charge is 0.246 e. The minimum Gasteiger partial charge on any atom is -0.339 e. The lowest BCUT2D eigenvalue weighted by atomic mass is 10.1. The van der Waals surface area contributed by atoms with Gasteiger partial charge in [0.2, 0.25) is 5.91 Å². The Morgan fingerprint density at radius 2 is 2.04 bits per heavy atom. The van der Waals surface area contributed by atoms with Crippen LogP contribution < -0.4 is 0 Å². The summed E-state index contributed by atoms with van der Waals surface area (Å²) in [7, 11) is 0. The molecule has 1 fully saturated rings. The monoisotopic (exact) mass is 329 g/mol. The van der Waals surface area contributed by atoms with Crippen LogP contribution in [0.1, 0.15) is 28.9 Å². The molecule has 0 N–H and O–H groups in total. The number of halogens is 1. The van der Waals surface area contributed by atoms with Crippen molar-refractivity contribution in [2.75, 3.05) is 13.1 Å². The van der Waals surface area contributed by atoms with E-state index in [-0.39, 0.29) is 5.91 Å². The SMILES string of the molecule is Cc1nn(Cc2ccccc2Cl)c(C)c1/C=C/C(=O)N1CCC1. The first-order chi connectivity index (χ1) is 11.1. The number of rotatable bonds is 4. The number of carbonyl (C=O) groups is 1. The van der Waals surface area contributed by atoms with Gasteiger partial charge in [0.1, 0.15) is 0 Å². The van der Waals surface area contributed by atoms with Crippen molar-refractivity contribution < 1.29 is 4.79 Å². The fourth-order valence-corrected chi connectivity index (χ4v) is 2.89. The molecule has 1 aliphatic rings. The molecule has 5 heteroatoms. The molecule has 4 nitrogen and oxygen atoms in total. The minimum atomic E-state index is 0.0777. The van der Waals surface area contributed by atoms with E-state index in [1.54, 1.807) is 6.08 Å². The molecule has 3 rings (SSSR count). The summed E-state index contributed by atoms with van der Waals surface area (Å²) >= 11 is 6.23. The predicted molar refractivity (Wildman–Crippen MR) is 92.5 cm³/mol. The highest BCUT2D eigenvalue weighted by Crippen LogP contribution is 2.20. The first kappa shape index (κ1) is 15.8. The standard InChI is InChI=1S/C18H20ClN3O/c1-13-16(8-9-18(23)21-10-5-11-21)14(2)22(20-13)12-15-6-3-4-7-17(15)19/h3-4,6-9H,5,10-12H2,1-2H3/b9-8+. The summed E-state index contributed by atoms with van der Waals surface area (Å²) in [6, 6.07) is 7.78. The first-order valence-corrected chi connectivity index (χ1v) is 8.18. The Hall–Kier alpha value is -2.07. The summed E-state index contributed by atoms with van der Waals surface area (Å²) < 4.78 is 1.93. The first-order valence-electron chi connectivity index (χ1n) is 7.80. The molecule has 0 spiro atoms. The maximum atomic E-state index is 12.0. The lowest BCUT2D eigenvalue weighted by Gasteiger charge is -2.29. The highest BCUT2D eigenvalue weighted by Gasteiger charge is 2.18. The zero-order valence-corrected chi connectivity index (χ0v) is 14.2. The number of amides is 1. The number of hydrogen-bond donors (Lipinski definition) is 0. The van der Waals surface area contributed by atoms with E-state index in [4.69, 9.17) is 11.6 Å². The molecule has 1 saturated heterocycles. The third kappa shape index (κ3) is 3.32. The Kier molecular flexibility index (Phi) is 4.53. The van der Waals surface area contributed by atoms with Crippen molar-refractivity contribution in [2.24, 2.45) is 0 Å². The van der Waals surface area contributed by atoms with Crippen LogP contribution in [0.4, 0.5) is 0 Å². The second-order valence-electron chi connectivity index (χ2n) is 5.85. The van der Waals surface area contributed by atoms with Crippen molar-refractivity contribution >= 4 is 23.6 Å². The maximum absolute atomic E-state index is 12.0. The van der Waals surface area contributed by atoms with Crippen LogP contribution in [-0.4, -0.2) is 33.7 Å². The molecule has 0 saturated carbocycles. The van der Waals surface area contributed by atoms with Crippen molar-refractivity contribution in [1.29, 1.82) is 0 Å². The molecule has 0 radical (unpaired) electrons. The lowest BCUT2D eigenvalue weighted by molar-refractivity contribution is -0.129. The van der Waals surface area contributed by atoms with E-state index in [2.05, 4.69) is 5.10 Å². The lowest BCUT2D eigenvalue weighted by Crippen LogP contribution is -2.40. The zero-order valence-electron chi connectivity index (χ0n) is 13.4. The molecule has 2 aromatic rings. The van der Waals surface area contributed by atoms with Gasteiger partial charge in [-0.1, -0.05) is 29.8 Å². The van der Waals surface area contributed by atoms with Crippen LogP contribution >= 0.6 is 11.6 Å². The Bertz CT molecular complexity index is 760. The largest absolute Gasteiger partial charge is 0.339 e. The van der Waals surface area contributed by atoms with Crippen LogP contribution in [0.25, 0.3) is 6.08 Å². The Morgan fingerprint density at radius 3 is 2.70 bits per heavy atom. The van der Waals surface area contributed by atoms with Crippen LogP contribution in [0.5, 0.6) is 0 Å². The van der Waals surface area contributed by atoms with Crippen molar-refractivity contribution in [3.8, 4) is 0 Å². The molecule has 1 amide bonds. The fraction of sp³-hybridized carbons (Fsp3) is 0.333. The molecule has 0 aliphatic carbocycles. The van der Waals surface area contributed by atoms with Gasteiger partial charge in [-0.25, -0.2) is 0 Å². The number of nitrogens with zero attached hydrogens (tertiary/aromatic N) is 3. The Balaban J connectivity index is 1.80. The van der Waals surface area contributed by atoms with Crippen LogP contribution in [0.2, 0.25) is 5.02 Å². The number of hydrogen-bond acceptors (Lipinski definition) is 2. The summed E-state index contributed by atoms with van der Waals surface area (Å²) in [5, 5.41) is 5.33. The van der Waals surface area contributed by atoms with E-state index in [0.29, 0.717) is 6.54 Å². The number of benzene rings is 1. The molecule has 1 aromatic carbocycles. The van der Waals surface area contributed by atoms with Crippen molar-refractivity contribution in [1.82, 2.24) is 14.7 Å². The zero-order chi connectivity index (χ0) is 16.4. The van der Waals surface area contributed by atoms with Gasteiger partial charge >= 0.3 is 0 Å². The Morgan fingerprint density at radius 1 is 1.30 bits per heavy atom. The summed E-state index contributed by atoms with van der Waals surface area (Å²) in [6.45, 7) is 6.34. The molecular formula is C18H20ClN3O. The number of aryl methyl sites for hydroxylation is 1.